The number of hydrogen-bond acceptors (Lipinski definition) is 6. The Labute approximate surface area is 179 Å². The van der Waals surface area contributed by atoms with E-state index in [0.29, 0.717) is 5.69 Å². The highest BCUT2D eigenvalue weighted by Crippen LogP contribution is 2.38. The van der Waals surface area contributed by atoms with Crippen molar-refractivity contribution in [3.63, 3.8) is 0 Å². The molecule has 0 saturated carbocycles. The molecule has 1 aromatic carbocycles. The number of halogens is 3. The number of carbonyl (C=O) groups excluding carboxylic acids is 3. The maximum absolute atomic E-state index is 13.0. The molecule has 1 saturated heterocycles. The van der Waals surface area contributed by atoms with E-state index in [4.69, 9.17) is 0 Å². The number of anilines is 2. The van der Waals surface area contributed by atoms with Gasteiger partial charge in [0.2, 0.25) is 5.91 Å². The van der Waals surface area contributed by atoms with Gasteiger partial charge in [-0.05, 0) is 49.9 Å². The van der Waals surface area contributed by atoms with Crippen LogP contribution in [-0.2, 0) is 16.1 Å². The number of aromatic nitrogens is 2. The number of benzene rings is 1. The summed E-state index contributed by atoms with van der Waals surface area (Å²) in [4.78, 5) is 47.4. The summed E-state index contributed by atoms with van der Waals surface area (Å²) in [6, 6.07) is 5.85. The van der Waals surface area contributed by atoms with Crippen molar-refractivity contribution < 1.29 is 27.6 Å². The lowest BCUT2D eigenvalue weighted by Crippen LogP contribution is -2.43. The van der Waals surface area contributed by atoms with E-state index in [1.165, 1.54) is 48.5 Å². The predicted octanol–water partition coefficient (Wildman–Crippen LogP) is 3.79. The summed E-state index contributed by atoms with van der Waals surface area (Å²) >= 11 is -0.282. The first kappa shape index (κ1) is 22.5. The second-order valence-corrected chi connectivity index (χ2v) is 8.32. The maximum Gasteiger partial charge on any atom is 0.446 e. The molecule has 2 heterocycles. The molecular weight excluding hydrogens is 435 g/mol. The highest BCUT2D eigenvalue weighted by molar-refractivity contribution is 8.00. The molecule has 2 aromatic rings. The predicted molar refractivity (Wildman–Crippen MR) is 107 cm³/mol. The fourth-order valence-corrected chi connectivity index (χ4v) is 3.56. The van der Waals surface area contributed by atoms with Crippen molar-refractivity contribution >= 4 is 41.1 Å². The fraction of sp³-hybridized carbons (Fsp3) is 0.316. The Bertz CT molecular complexity index is 1030. The molecular formula is C19H18F3N5O3S. The van der Waals surface area contributed by atoms with Gasteiger partial charge in [0.25, 0.3) is 5.91 Å². The topological polar surface area (TPSA) is 95.5 Å². The van der Waals surface area contributed by atoms with E-state index >= 15 is 0 Å². The molecule has 1 aliphatic heterocycles. The molecule has 8 nitrogen and oxygen atoms in total. The fourth-order valence-electron chi connectivity index (χ4n) is 3.02. The molecule has 1 fully saturated rings. The van der Waals surface area contributed by atoms with E-state index in [9.17, 15) is 27.6 Å². The summed E-state index contributed by atoms with van der Waals surface area (Å²) in [5, 5.41) is 2.51. The highest BCUT2D eigenvalue weighted by Gasteiger charge is 2.51. The number of amides is 4. The Morgan fingerprint density at radius 1 is 1.16 bits per heavy atom. The van der Waals surface area contributed by atoms with Crippen LogP contribution in [0, 0.1) is 0 Å². The number of hydrogen-bond donors (Lipinski definition) is 1. The van der Waals surface area contributed by atoms with Crippen molar-refractivity contribution in [1.29, 1.82) is 0 Å². The minimum absolute atomic E-state index is 0.0365. The van der Waals surface area contributed by atoms with Crippen LogP contribution in [0.15, 0.2) is 41.6 Å². The molecule has 1 aliphatic rings. The van der Waals surface area contributed by atoms with Crippen LogP contribution in [0.3, 0.4) is 0 Å². The van der Waals surface area contributed by atoms with Crippen LogP contribution >= 0.6 is 11.8 Å². The lowest BCUT2D eigenvalue weighted by atomic mass is 10.0. The minimum Gasteiger partial charge on any atom is -0.311 e. The van der Waals surface area contributed by atoms with Crippen molar-refractivity contribution in [3.8, 4) is 0 Å². The van der Waals surface area contributed by atoms with Gasteiger partial charge in [0.05, 0.1) is 17.9 Å². The monoisotopic (exact) mass is 453 g/mol. The lowest BCUT2D eigenvalue weighted by Gasteiger charge is -2.27. The van der Waals surface area contributed by atoms with Crippen molar-refractivity contribution in [2.24, 2.45) is 0 Å². The largest absolute Gasteiger partial charge is 0.446 e. The Morgan fingerprint density at radius 3 is 2.39 bits per heavy atom. The summed E-state index contributed by atoms with van der Waals surface area (Å²) in [6.45, 7) is 4.42. The molecule has 164 valence electrons. The molecule has 1 N–H and O–H groups in total. The van der Waals surface area contributed by atoms with Gasteiger partial charge >= 0.3 is 11.5 Å². The summed E-state index contributed by atoms with van der Waals surface area (Å²) in [5.41, 5.74) is -5.10. The number of urea groups is 1. The first-order valence-electron chi connectivity index (χ1n) is 8.99. The first-order chi connectivity index (χ1) is 14.4. The molecule has 1 aromatic heterocycles. The van der Waals surface area contributed by atoms with Crippen LogP contribution in [0.5, 0.6) is 0 Å². The molecule has 0 unspecified atom stereocenters. The molecule has 31 heavy (non-hydrogen) atoms. The van der Waals surface area contributed by atoms with Crippen LogP contribution < -0.4 is 10.2 Å². The molecule has 0 radical (unpaired) electrons. The van der Waals surface area contributed by atoms with Crippen LogP contribution in [0.25, 0.3) is 0 Å². The number of rotatable bonds is 5. The third kappa shape index (κ3) is 4.95. The quantitative estimate of drug-likeness (QED) is 0.547. The standard InChI is InChI=1S/C19H18F3N5O3S/c1-11(28)25-15-8-12(23-10-24-15)9-26-17(30)27(16(29)18(26,2)3)13-4-6-14(7-5-13)31-19(20,21)22/h4-8,10H,9H2,1-3H3,(H,23,24,25,28). The van der Waals surface area contributed by atoms with Crippen molar-refractivity contribution in [2.45, 2.75) is 43.3 Å². The van der Waals surface area contributed by atoms with Gasteiger partial charge in [0, 0.05) is 17.9 Å². The van der Waals surface area contributed by atoms with Gasteiger partial charge in [-0.1, -0.05) is 0 Å². The average Bonchev–Trinajstić information content (AvgIpc) is 2.81. The molecule has 0 atom stereocenters. The van der Waals surface area contributed by atoms with Gasteiger partial charge in [0.1, 0.15) is 17.7 Å². The number of nitrogens with zero attached hydrogens (tertiary/aromatic N) is 4. The first-order valence-corrected chi connectivity index (χ1v) is 9.80. The second-order valence-electron chi connectivity index (χ2n) is 7.19. The smallest absolute Gasteiger partial charge is 0.311 e. The summed E-state index contributed by atoms with van der Waals surface area (Å²) < 4.78 is 37.6. The summed E-state index contributed by atoms with van der Waals surface area (Å²) in [6.07, 6.45) is 1.23. The van der Waals surface area contributed by atoms with Gasteiger partial charge in [0.15, 0.2) is 0 Å². The molecule has 0 spiro atoms. The summed E-state index contributed by atoms with van der Waals surface area (Å²) in [7, 11) is 0. The van der Waals surface area contributed by atoms with E-state index in [2.05, 4.69) is 15.3 Å². The van der Waals surface area contributed by atoms with Gasteiger partial charge < -0.3 is 10.2 Å². The zero-order chi connectivity index (χ0) is 23.0. The van der Waals surface area contributed by atoms with E-state index in [1.807, 2.05) is 0 Å². The normalized spacial score (nSPS) is 16.1. The average molecular weight is 453 g/mol. The number of imide groups is 1. The molecule has 0 bridgehead atoms. The summed E-state index contributed by atoms with van der Waals surface area (Å²) in [5.74, 6) is -0.594. The number of carbonyl (C=O) groups is 3. The Hall–Kier alpha value is -3.15. The van der Waals surface area contributed by atoms with Crippen LogP contribution in [0.2, 0.25) is 0 Å². The van der Waals surface area contributed by atoms with Gasteiger partial charge in [-0.2, -0.15) is 13.2 Å². The third-order valence-electron chi connectivity index (χ3n) is 4.50. The SMILES string of the molecule is CC(=O)Nc1cc(CN2C(=O)N(c3ccc(SC(F)(F)F)cc3)C(=O)C2(C)C)ncn1. The number of alkyl halides is 3. The molecule has 12 heteroatoms. The van der Waals surface area contributed by atoms with Crippen molar-refractivity contribution in [1.82, 2.24) is 14.9 Å². The van der Waals surface area contributed by atoms with Crippen LogP contribution in [0.4, 0.5) is 29.5 Å². The molecule has 4 amide bonds. The highest BCUT2D eigenvalue weighted by atomic mass is 32.2. The maximum atomic E-state index is 13.0. The number of thioether (sulfide) groups is 1. The number of nitrogens with one attached hydrogen (secondary N) is 1. The van der Waals surface area contributed by atoms with Crippen molar-refractivity contribution in [2.75, 3.05) is 10.2 Å². The molecule has 3 rings (SSSR count). The molecule has 0 aliphatic carbocycles. The van der Waals surface area contributed by atoms with Crippen LogP contribution in [-0.4, -0.2) is 43.8 Å². The van der Waals surface area contributed by atoms with Crippen molar-refractivity contribution in [3.05, 3.63) is 42.4 Å². The zero-order valence-electron chi connectivity index (χ0n) is 16.7. The Balaban J connectivity index is 1.84. The Morgan fingerprint density at radius 2 is 1.81 bits per heavy atom. The lowest BCUT2D eigenvalue weighted by molar-refractivity contribution is -0.123. The van der Waals surface area contributed by atoms with Gasteiger partial charge in [-0.25, -0.2) is 19.7 Å². The van der Waals surface area contributed by atoms with Crippen LogP contribution in [0.1, 0.15) is 26.5 Å². The van der Waals surface area contributed by atoms with E-state index < -0.39 is 23.0 Å². The minimum atomic E-state index is -4.44. The zero-order valence-corrected chi connectivity index (χ0v) is 17.5. The van der Waals surface area contributed by atoms with Gasteiger partial charge in [-0.3, -0.25) is 9.59 Å². The van der Waals surface area contributed by atoms with E-state index in [-0.39, 0.29) is 40.6 Å². The third-order valence-corrected chi connectivity index (χ3v) is 5.24. The second kappa shape index (κ2) is 8.17. The van der Waals surface area contributed by atoms with E-state index in [0.717, 1.165) is 4.90 Å². The van der Waals surface area contributed by atoms with Gasteiger partial charge in [-0.15, -0.1) is 0 Å². The van der Waals surface area contributed by atoms with E-state index in [1.54, 1.807) is 13.8 Å². The Kier molecular flexibility index (Phi) is 5.94.